The molecule has 0 aromatic heterocycles. The maximum atomic E-state index is 13.1. The van der Waals surface area contributed by atoms with E-state index in [1.54, 1.807) is 0 Å². The average Bonchev–Trinajstić information content (AvgIpc) is 3.00. The van der Waals surface area contributed by atoms with E-state index in [-0.39, 0.29) is 29.0 Å². The van der Waals surface area contributed by atoms with E-state index in [1.807, 2.05) is 11.8 Å². The van der Waals surface area contributed by atoms with E-state index >= 15 is 0 Å². The van der Waals surface area contributed by atoms with Crippen LogP contribution < -0.4 is 5.32 Å². The molecular formula is C20H25ClN2OS. The lowest BCUT2D eigenvalue weighted by atomic mass is 9.73. The van der Waals surface area contributed by atoms with Crippen LogP contribution in [0.3, 0.4) is 0 Å². The average molecular weight is 377 g/mol. The molecule has 2 aliphatic heterocycles. The molecule has 134 valence electrons. The van der Waals surface area contributed by atoms with Gasteiger partial charge in [0.2, 0.25) is 5.91 Å². The second-order valence-corrected chi connectivity index (χ2v) is 8.66. The van der Waals surface area contributed by atoms with Crippen molar-refractivity contribution in [3.63, 3.8) is 0 Å². The van der Waals surface area contributed by atoms with Gasteiger partial charge in [-0.25, -0.2) is 0 Å². The Kier molecular flexibility index (Phi) is 5.37. The van der Waals surface area contributed by atoms with Crippen LogP contribution in [0, 0.1) is 24.2 Å². The Morgan fingerprint density at radius 3 is 2.88 bits per heavy atom. The van der Waals surface area contributed by atoms with Crippen LogP contribution in [-0.4, -0.2) is 34.2 Å². The third-order valence-corrected chi connectivity index (χ3v) is 7.70. The number of nitrogens with one attached hydrogen (secondary N) is 1. The van der Waals surface area contributed by atoms with Crippen LogP contribution in [0.1, 0.15) is 38.5 Å². The SMILES string of the molecule is C#CC1(NC(=O)C2CSC34C=CC=CC3=NCCC24)CCCCC1.Cl. The highest BCUT2D eigenvalue weighted by Gasteiger charge is 2.54. The lowest BCUT2D eigenvalue weighted by Gasteiger charge is -2.39. The van der Waals surface area contributed by atoms with Gasteiger partial charge in [0.1, 0.15) is 5.54 Å². The van der Waals surface area contributed by atoms with Gasteiger partial charge in [-0.2, -0.15) is 0 Å². The monoisotopic (exact) mass is 376 g/mol. The highest BCUT2D eigenvalue weighted by Crippen LogP contribution is 2.53. The van der Waals surface area contributed by atoms with Crippen LogP contribution >= 0.6 is 24.2 Å². The molecule has 4 rings (SSSR count). The van der Waals surface area contributed by atoms with Crippen molar-refractivity contribution in [2.24, 2.45) is 16.8 Å². The third kappa shape index (κ3) is 3.06. The number of carbonyl (C=O) groups is 1. The first-order valence-corrected chi connectivity index (χ1v) is 10.0. The van der Waals surface area contributed by atoms with Crippen LogP contribution in [0.15, 0.2) is 29.3 Å². The molecule has 0 aromatic carbocycles. The van der Waals surface area contributed by atoms with E-state index in [2.05, 4.69) is 35.5 Å². The van der Waals surface area contributed by atoms with Gasteiger partial charge in [-0.1, -0.05) is 43.4 Å². The summed E-state index contributed by atoms with van der Waals surface area (Å²) in [7, 11) is 0. The third-order valence-electron chi connectivity index (χ3n) is 6.05. The standard InChI is InChI=1S/C20H24N2OS.ClH/c1-2-19(10-5-3-6-11-19)22-18(23)15-14-24-20-12-7-4-8-17(20)21-13-9-16(15)20;/h1,4,7-8,12,15-16H,3,5-6,9-11,13-14H2,(H,22,23);1H. The predicted octanol–water partition coefficient (Wildman–Crippen LogP) is 3.55. The number of halogens is 1. The highest BCUT2D eigenvalue weighted by atomic mass is 35.5. The maximum absolute atomic E-state index is 13.1. The summed E-state index contributed by atoms with van der Waals surface area (Å²) in [6.45, 7) is 0.824. The molecule has 3 nitrogen and oxygen atoms in total. The summed E-state index contributed by atoms with van der Waals surface area (Å²) in [5.74, 6) is 4.29. The molecule has 25 heavy (non-hydrogen) atoms. The van der Waals surface area contributed by atoms with E-state index in [1.165, 1.54) is 6.42 Å². The largest absolute Gasteiger partial charge is 0.340 e. The highest BCUT2D eigenvalue weighted by molar-refractivity contribution is 8.02. The summed E-state index contributed by atoms with van der Waals surface area (Å²) < 4.78 is -0.0924. The molecular weight excluding hydrogens is 352 g/mol. The quantitative estimate of drug-likeness (QED) is 0.749. The number of terminal acetylenes is 1. The summed E-state index contributed by atoms with van der Waals surface area (Å²) in [5.41, 5.74) is 0.731. The molecule has 1 spiro atoms. The lowest BCUT2D eigenvalue weighted by molar-refractivity contribution is -0.127. The molecule has 4 aliphatic rings. The number of thioether (sulfide) groups is 1. The molecule has 1 saturated heterocycles. The fourth-order valence-corrected chi connectivity index (χ4v) is 6.50. The molecule has 2 fully saturated rings. The Morgan fingerprint density at radius 2 is 2.12 bits per heavy atom. The number of hydrogen-bond acceptors (Lipinski definition) is 3. The molecule has 1 amide bonds. The maximum Gasteiger partial charge on any atom is 0.225 e. The van der Waals surface area contributed by atoms with Crippen LogP contribution in [0.4, 0.5) is 0 Å². The number of allylic oxidation sites excluding steroid dienone is 3. The number of carbonyl (C=O) groups excluding carboxylic acids is 1. The molecule has 0 aromatic rings. The Bertz CT molecular complexity index is 672. The second kappa shape index (κ2) is 7.21. The number of aliphatic imine (C=N–C) groups is 1. The van der Waals surface area contributed by atoms with Gasteiger partial charge in [0.15, 0.2) is 0 Å². The van der Waals surface area contributed by atoms with Crippen molar-refractivity contribution in [2.75, 3.05) is 12.3 Å². The van der Waals surface area contributed by atoms with Gasteiger partial charge in [-0.05, 0) is 31.3 Å². The van der Waals surface area contributed by atoms with E-state index < -0.39 is 5.54 Å². The van der Waals surface area contributed by atoms with Crippen LogP contribution in [0.5, 0.6) is 0 Å². The summed E-state index contributed by atoms with van der Waals surface area (Å²) in [6, 6.07) is 0. The molecule has 5 heteroatoms. The Morgan fingerprint density at radius 1 is 1.32 bits per heavy atom. The number of rotatable bonds is 2. The van der Waals surface area contributed by atoms with Crippen molar-refractivity contribution in [3.8, 4) is 12.3 Å². The van der Waals surface area contributed by atoms with E-state index in [9.17, 15) is 4.79 Å². The zero-order valence-electron chi connectivity index (χ0n) is 14.4. The van der Waals surface area contributed by atoms with Crippen molar-refractivity contribution in [3.05, 3.63) is 24.3 Å². The van der Waals surface area contributed by atoms with Crippen LogP contribution in [0.2, 0.25) is 0 Å². The second-order valence-electron chi connectivity index (χ2n) is 7.37. The van der Waals surface area contributed by atoms with Crippen molar-refractivity contribution in [1.82, 2.24) is 5.32 Å². The summed E-state index contributed by atoms with van der Waals surface area (Å²) in [6.07, 6.45) is 20.6. The van der Waals surface area contributed by atoms with Gasteiger partial charge in [0.25, 0.3) is 0 Å². The van der Waals surface area contributed by atoms with Crippen molar-refractivity contribution in [2.45, 2.75) is 48.8 Å². The van der Waals surface area contributed by atoms with E-state index in [4.69, 9.17) is 11.4 Å². The number of amides is 1. The van der Waals surface area contributed by atoms with Gasteiger partial charge in [-0.3, -0.25) is 9.79 Å². The summed E-state index contributed by atoms with van der Waals surface area (Å²) >= 11 is 1.88. The first kappa shape index (κ1) is 18.6. The first-order valence-electron chi connectivity index (χ1n) is 9.04. The van der Waals surface area contributed by atoms with Gasteiger partial charge < -0.3 is 5.32 Å². The summed E-state index contributed by atoms with van der Waals surface area (Å²) in [4.78, 5) is 17.8. The number of nitrogens with zero attached hydrogens (tertiary/aromatic N) is 1. The smallest absolute Gasteiger partial charge is 0.225 e. The minimum absolute atomic E-state index is 0. The molecule has 1 N–H and O–H groups in total. The van der Waals surface area contributed by atoms with Gasteiger partial charge >= 0.3 is 0 Å². The summed E-state index contributed by atoms with van der Waals surface area (Å²) in [5, 5.41) is 3.28. The van der Waals surface area contributed by atoms with E-state index in [0.29, 0.717) is 5.92 Å². The Balaban J connectivity index is 0.00000182. The Hall–Kier alpha value is -1.18. The Labute approximate surface area is 160 Å². The fraction of sp³-hybridized carbons (Fsp3) is 0.600. The normalized spacial score (nSPS) is 34.8. The molecule has 3 unspecified atom stereocenters. The lowest BCUT2D eigenvalue weighted by Crippen LogP contribution is -2.53. The molecule has 2 heterocycles. The molecule has 0 bridgehead atoms. The fourth-order valence-electron chi connectivity index (χ4n) is 4.71. The van der Waals surface area contributed by atoms with Crippen molar-refractivity contribution in [1.29, 1.82) is 0 Å². The number of hydrogen-bond donors (Lipinski definition) is 1. The first-order chi connectivity index (χ1) is 11.7. The van der Waals surface area contributed by atoms with Crippen molar-refractivity contribution >= 4 is 35.8 Å². The minimum Gasteiger partial charge on any atom is -0.340 e. The molecule has 1 saturated carbocycles. The zero-order chi connectivity index (χ0) is 16.6. The van der Waals surface area contributed by atoms with Gasteiger partial charge in [-0.15, -0.1) is 30.6 Å². The van der Waals surface area contributed by atoms with Crippen LogP contribution in [0.25, 0.3) is 0 Å². The van der Waals surface area contributed by atoms with Gasteiger partial charge in [0.05, 0.1) is 16.4 Å². The molecule has 3 atom stereocenters. The van der Waals surface area contributed by atoms with Crippen LogP contribution in [-0.2, 0) is 4.79 Å². The van der Waals surface area contributed by atoms with Gasteiger partial charge in [0, 0.05) is 12.3 Å². The molecule has 2 aliphatic carbocycles. The van der Waals surface area contributed by atoms with Crippen molar-refractivity contribution < 1.29 is 4.79 Å². The predicted molar refractivity (Wildman–Crippen MR) is 107 cm³/mol. The minimum atomic E-state index is -0.413. The topological polar surface area (TPSA) is 41.5 Å². The van der Waals surface area contributed by atoms with E-state index in [0.717, 1.165) is 50.1 Å². The molecule has 0 radical (unpaired) electrons. The zero-order valence-corrected chi connectivity index (χ0v) is 16.0.